The SMILES string of the molecule is c1ccc(-c2ccc(-c3nc(-n4c5ccccc5c5c6c7ccccc7n7c8ccccc8c(cc54)c67)c4sc5ccccc5c4n3)cc2)cc1. The van der Waals surface area contributed by atoms with Crippen LogP contribution in [0.25, 0.3) is 109 Å². The Hall–Kier alpha value is -6.56. The Kier molecular flexibility index (Phi) is 5.35. The highest BCUT2D eigenvalue weighted by molar-refractivity contribution is 7.26. The first-order chi connectivity index (χ1) is 25.3. The second kappa shape index (κ2) is 10.0. The lowest BCUT2D eigenvalue weighted by atomic mass is 10.0. The van der Waals surface area contributed by atoms with Gasteiger partial charge in [0.25, 0.3) is 0 Å². The molecule has 0 bridgehead atoms. The molecule has 0 saturated heterocycles. The van der Waals surface area contributed by atoms with Gasteiger partial charge in [-0.05, 0) is 41.5 Å². The van der Waals surface area contributed by atoms with Crippen LogP contribution in [-0.2, 0) is 0 Å². The average Bonchev–Trinajstić information content (AvgIpc) is 3.93. The largest absolute Gasteiger partial charge is 0.308 e. The first-order valence-corrected chi connectivity index (χ1v) is 18.1. The van der Waals surface area contributed by atoms with Crippen LogP contribution in [0.4, 0.5) is 0 Å². The number of para-hydroxylation sites is 3. The summed E-state index contributed by atoms with van der Waals surface area (Å²) >= 11 is 1.77. The maximum absolute atomic E-state index is 5.51. The minimum Gasteiger partial charge on any atom is -0.308 e. The zero-order valence-corrected chi connectivity index (χ0v) is 28.0. The van der Waals surface area contributed by atoms with Crippen molar-refractivity contribution in [3.8, 4) is 28.3 Å². The Morgan fingerprint density at radius 3 is 1.80 bits per heavy atom. The van der Waals surface area contributed by atoms with Crippen LogP contribution >= 0.6 is 11.3 Å². The summed E-state index contributed by atoms with van der Waals surface area (Å²) in [7, 11) is 0. The summed E-state index contributed by atoms with van der Waals surface area (Å²) in [5.41, 5.74) is 10.4. The minimum absolute atomic E-state index is 0.721. The van der Waals surface area contributed by atoms with Crippen molar-refractivity contribution >= 4 is 91.5 Å². The van der Waals surface area contributed by atoms with Crippen molar-refractivity contribution in [3.05, 3.63) is 158 Å². The first kappa shape index (κ1) is 27.3. The molecule has 12 rings (SSSR count). The second-order valence-corrected chi connectivity index (χ2v) is 14.4. The van der Waals surface area contributed by atoms with E-state index in [1.54, 1.807) is 11.3 Å². The molecule has 0 aliphatic heterocycles. The summed E-state index contributed by atoms with van der Waals surface area (Å²) in [6, 6.07) is 56.7. The summed E-state index contributed by atoms with van der Waals surface area (Å²) in [6.45, 7) is 0. The third kappa shape index (κ3) is 3.63. The molecule has 5 heterocycles. The van der Waals surface area contributed by atoms with Gasteiger partial charge in [-0.2, -0.15) is 0 Å². The van der Waals surface area contributed by atoms with Gasteiger partial charge in [-0.1, -0.05) is 127 Å². The summed E-state index contributed by atoms with van der Waals surface area (Å²) in [6.07, 6.45) is 0. The molecule has 0 radical (unpaired) electrons. The molecule has 7 aromatic carbocycles. The lowest BCUT2D eigenvalue weighted by molar-refractivity contribution is 1.08. The minimum atomic E-state index is 0.721. The Balaban J connectivity index is 1.24. The second-order valence-electron chi connectivity index (χ2n) is 13.4. The Morgan fingerprint density at radius 1 is 0.431 bits per heavy atom. The number of fused-ring (bicyclic) bond motifs is 13. The highest BCUT2D eigenvalue weighted by atomic mass is 32.1. The molecule has 12 aromatic rings. The third-order valence-corrected chi connectivity index (χ3v) is 11.8. The summed E-state index contributed by atoms with van der Waals surface area (Å²) in [4.78, 5) is 10.8. The molecule has 0 aliphatic carbocycles. The van der Waals surface area contributed by atoms with E-state index < -0.39 is 0 Å². The molecule has 0 spiro atoms. The van der Waals surface area contributed by atoms with Gasteiger partial charge in [0.1, 0.15) is 0 Å². The van der Waals surface area contributed by atoms with Gasteiger partial charge in [0.15, 0.2) is 11.6 Å². The maximum atomic E-state index is 5.51. The fourth-order valence-electron chi connectivity index (χ4n) is 8.49. The van der Waals surface area contributed by atoms with E-state index in [2.05, 4.69) is 167 Å². The van der Waals surface area contributed by atoms with Crippen molar-refractivity contribution in [1.29, 1.82) is 0 Å². The quantitative estimate of drug-likeness (QED) is 0.188. The van der Waals surface area contributed by atoms with Gasteiger partial charge in [0.05, 0.1) is 37.8 Å². The summed E-state index contributed by atoms with van der Waals surface area (Å²) < 4.78 is 7.17. The number of nitrogens with zero attached hydrogens (tertiary/aromatic N) is 4. The van der Waals surface area contributed by atoms with E-state index >= 15 is 0 Å². The molecule has 4 nitrogen and oxygen atoms in total. The molecule has 0 atom stereocenters. The Labute approximate surface area is 295 Å². The van der Waals surface area contributed by atoms with Crippen molar-refractivity contribution in [2.75, 3.05) is 0 Å². The molecule has 5 heteroatoms. The average molecular weight is 667 g/mol. The molecule has 0 aliphatic rings. The topological polar surface area (TPSA) is 35.1 Å². The van der Waals surface area contributed by atoms with E-state index in [9.17, 15) is 0 Å². The lowest BCUT2D eigenvalue weighted by Crippen LogP contribution is -2.01. The highest BCUT2D eigenvalue weighted by Gasteiger charge is 2.26. The fourth-order valence-corrected chi connectivity index (χ4v) is 9.61. The number of benzene rings is 7. The molecule has 0 saturated carbocycles. The third-order valence-electron chi connectivity index (χ3n) is 10.7. The van der Waals surface area contributed by atoms with E-state index in [0.717, 1.165) is 43.8 Å². The summed E-state index contributed by atoms with van der Waals surface area (Å²) in [5, 5.41) is 8.71. The smallest absolute Gasteiger partial charge is 0.162 e. The zero-order valence-electron chi connectivity index (χ0n) is 27.2. The van der Waals surface area contributed by atoms with Crippen LogP contribution in [-0.4, -0.2) is 18.9 Å². The van der Waals surface area contributed by atoms with E-state index in [1.165, 1.54) is 64.7 Å². The number of rotatable bonds is 3. The Morgan fingerprint density at radius 2 is 1.02 bits per heavy atom. The fraction of sp³-hybridized carbons (Fsp3) is 0. The van der Waals surface area contributed by atoms with Gasteiger partial charge in [-0.3, -0.25) is 4.57 Å². The standard InChI is InChI=1S/C46H26N4S/c1-2-12-27(13-3-1)28-22-24-29(25-23-28)45-47-42-33-17-7-11-21-39(33)51-44(42)46(48-45)50-37-20-10-5-15-31(37)40-38(50)26-34-30-14-4-8-18-35(30)49-36-19-9-6-16-32(36)41(40)43(34)49/h1-26H. The normalized spacial score (nSPS) is 12.3. The van der Waals surface area contributed by atoms with Gasteiger partial charge in [0, 0.05) is 48.0 Å². The molecular formula is C46H26N4S. The lowest BCUT2D eigenvalue weighted by Gasteiger charge is -2.11. The molecule has 0 unspecified atom stereocenters. The maximum Gasteiger partial charge on any atom is 0.162 e. The van der Waals surface area contributed by atoms with Crippen LogP contribution < -0.4 is 0 Å². The summed E-state index contributed by atoms with van der Waals surface area (Å²) in [5.74, 6) is 1.63. The monoisotopic (exact) mass is 666 g/mol. The van der Waals surface area contributed by atoms with Gasteiger partial charge < -0.3 is 4.40 Å². The molecule has 51 heavy (non-hydrogen) atoms. The molecule has 5 aromatic heterocycles. The predicted molar refractivity (Wildman–Crippen MR) is 215 cm³/mol. The van der Waals surface area contributed by atoms with Crippen molar-refractivity contribution in [1.82, 2.24) is 18.9 Å². The number of hydrogen-bond acceptors (Lipinski definition) is 3. The van der Waals surface area contributed by atoms with Gasteiger partial charge in [-0.15, -0.1) is 11.3 Å². The van der Waals surface area contributed by atoms with Crippen molar-refractivity contribution in [3.63, 3.8) is 0 Å². The number of hydrogen-bond donors (Lipinski definition) is 0. The highest BCUT2D eigenvalue weighted by Crippen LogP contribution is 2.47. The van der Waals surface area contributed by atoms with Crippen LogP contribution in [0.1, 0.15) is 0 Å². The molecule has 0 fully saturated rings. The molecule has 0 N–H and O–H groups in total. The Bertz CT molecular complexity index is 3350. The molecular weight excluding hydrogens is 641 g/mol. The van der Waals surface area contributed by atoms with Crippen LogP contribution in [0.3, 0.4) is 0 Å². The first-order valence-electron chi connectivity index (χ1n) is 17.3. The van der Waals surface area contributed by atoms with Gasteiger partial charge in [-0.25, -0.2) is 9.97 Å². The molecule has 0 amide bonds. The van der Waals surface area contributed by atoms with Gasteiger partial charge in [0.2, 0.25) is 0 Å². The van der Waals surface area contributed by atoms with Crippen molar-refractivity contribution in [2.24, 2.45) is 0 Å². The van der Waals surface area contributed by atoms with Gasteiger partial charge >= 0.3 is 0 Å². The van der Waals surface area contributed by atoms with Crippen LogP contribution in [0.15, 0.2) is 158 Å². The van der Waals surface area contributed by atoms with E-state index in [1.807, 2.05) is 0 Å². The molecule has 236 valence electrons. The van der Waals surface area contributed by atoms with Crippen molar-refractivity contribution in [2.45, 2.75) is 0 Å². The number of aromatic nitrogens is 4. The van der Waals surface area contributed by atoms with E-state index in [4.69, 9.17) is 9.97 Å². The van der Waals surface area contributed by atoms with Crippen molar-refractivity contribution < 1.29 is 0 Å². The van der Waals surface area contributed by atoms with E-state index in [0.29, 0.717) is 0 Å². The van der Waals surface area contributed by atoms with Crippen LogP contribution in [0, 0.1) is 0 Å². The van der Waals surface area contributed by atoms with Crippen LogP contribution in [0.5, 0.6) is 0 Å². The van der Waals surface area contributed by atoms with Crippen LogP contribution in [0.2, 0.25) is 0 Å². The zero-order chi connectivity index (χ0) is 33.2. The predicted octanol–water partition coefficient (Wildman–Crippen LogP) is 12.4. The number of thiophene rings is 1. The van der Waals surface area contributed by atoms with E-state index in [-0.39, 0.29) is 0 Å².